The van der Waals surface area contributed by atoms with Gasteiger partial charge in [0.1, 0.15) is 5.75 Å². The van der Waals surface area contributed by atoms with Gasteiger partial charge < -0.3 is 15.0 Å². The van der Waals surface area contributed by atoms with Gasteiger partial charge >= 0.3 is 0 Å². The lowest BCUT2D eigenvalue weighted by molar-refractivity contribution is 0.163. The van der Waals surface area contributed by atoms with Crippen LogP contribution in [0.1, 0.15) is 31.4 Å². The Hall–Kier alpha value is -1.06. The largest absolute Gasteiger partial charge is 0.493 e. The van der Waals surface area contributed by atoms with Crippen LogP contribution in [0.3, 0.4) is 0 Å². The molecule has 3 heteroatoms. The summed E-state index contributed by atoms with van der Waals surface area (Å²) in [4.78, 5) is 2.52. The van der Waals surface area contributed by atoms with E-state index in [2.05, 4.69) is 42.3 Å². The van der Waals surface area contributed by atoms with Crippen molar-refractivity contribution in [2.75, 3.05) is 32.8 Å². The number of nitrogens with one attached hydrogen (secondary N) is 1. The average molecular weight is 274 g/mol. The summed E-state index contributed by atoms with van der Waals surface area (Å²) in [6, 6.07) is 6.47. The second-order valence-electron chi connectivity index (χ2n) is 6.54. The first-order chi connectivity index (χ1) is 9.70. The maximum absolute atomic E-state index is 6.23. The highest BCUT2D eigenvalue weighted by molar-refractivity contribution is 5.41. The van der Waals surface area contributed by atoms with Gasteiger partial charge in [-0.05, 0) is 49.7 Å². The Kier molecular flexibility index (Phi) is 3.99. The molecule has 2 aliphatic heterocycles. The zero-order valence-corrected chi connectivity index (χ0v) is 12.7. The molecule has 3 nitrogen and oxygen atoms in total. The summed E-state index contributed by atoms with van der Waals surface area (Å²) < 4.78 is 6.23. The first-order valence-corrected chi connectivity index (χ1v) is 7.87. The van der Waals surface area contributed by atoms with Gasteiger partial charge in [-0.15, -0.1) is 0 Å². The van der Waals surface area contributed by atoms with E-state index in [0.29, 0.717) is 5.41 Å². The predicted molar refractivity (Wildman–Crippen MR) is 82.2 cm³/mol. The molecule has 0 aliphatic carbocycles. The van der Waals surface area contributed by atoms with Crippen LogP contribution in [0.5, 0.6) is 5.75 Å². The fourth-order valence-corrected chi connectivity index (χ4v) is 3.40. The molecule has 0 saturated carbocycles. The molecule has 0 amide bonds. The molecule has 1 saturated heterocycles. The summed E-state index contributed by atoms with van der Waals surface area (Å²) in [6.45, 7) is 11.0. The minimum absolute atomic E-state index is 0.311. The van der Waals surface area contributed by atoms with Crippen molar-refractivity contribution in [2.24, 2.45) is 5.41 Å². The quantitative estimate of drug-likeness (QED) is 0.912. The number of benzene rings is 1. The summed E-state index contributed by atoms with van der Waals surface area (Å²) in [5.41, 5.74) is 3.13. The van der Waals surface area contributed by atoms with Gasteiger partial charge in [-0.25, -0.2) is 0 Å². The molecule has 0 bridgehead atoms. The van der Waals surface area contributed by atoms with Crippen LogP contribution in [0.4, 0.5) is 0 Å². The van der Waals surface area contributed by atoms with Crippen molar-refractivity contribution in [2.45, 2.75) is 33.2 Å². The Morgan fingerprint density at radius 1 is 1.40 bits per heavy atom. The van der Waals surface area contributed by atoms with E-state index >= 15 is 0 Å². The molecule has 1 aromatic carbocycles. The van der Waals surface area contributed by atoms with Crippen LogP contribution in [-0.4, -0.2) is 37.7 Å². The molecule has 3 rings (SSSR count). The Bertz CT molecular complexity index is 474. The van der Waals surface area contributed by atoms with Gasteiger partial charge in [0.05, 0.1) is 6.61 Å². The molecule has 2 heterocycles. The lowest BCUT2D eigenvalue weighted by atomic mass is 9.91. The minimum atomic E-state index is 0.311. The Morgan fingerprint density at radius 3 is 3.10 bits per heavy atom. The third-order valence-corrected chi connectivity index (χ3v) is 4.76. The smallest absolute Gasteiger partial charge is 0.122 e. The molecular formula is C17H26N2O. The lowest BCUT2D eigenvalue weighted by Crippen LogP contribution is -2.30. The van der Waals surface area contributed by atoms with Crippen molar-refractivity contribution in [3.63, 3.8) is 0 Å². The zero-order chi connectivity index (χ0) is 14.0. The van der Waals surface area contributed by atoms with Gasteiger partial charge in [-0.2, -0.15) is 0 Å². The molecule has 1 aromatic rings. The van der Waals surface area contributed by atoms with E-state index in [4.69, 9.17) is 4.74 Å². The summed E-state index contributed by atoms with van der Waals surface area (Å²) in [5.74, 6) is 1.11. The summed E-state index contributed by atoms with van der Waals surface area (Å²) in [7, 11) is 0. The second kappa shape index (κ2) is 5.74. The van der Waals surface area contributed by atoms with Gasteiger partial charge in [0.15, 0.2) is 0 Å². The van der Waals surface area contributed by atoms with E-state index in [0.717, 1.165) is 38.4 Å². The van der Waals surface area contributed by atoms with Crippen molar-refractivity contribution in [3.8, 4) is 5.75 Å². The molecule has 0 aromatic heterocycles. The molecule has 1 unspecified atom stereocenters. The Morgan fingerprint density at radius 2 is 2.30 bits per heavy atom. The van der Waals surface area contributed by atoms with Crippen molar-refractivity contribution < 1.29 is 4.74 Å². The van der Waals surface area contributed by atoms with Crippen molar-refractivity contribution in [3.05, 3.63) is 29.3 Å². The SMILES string of the molecule is CCN1CCC(C)(COc2cccc3c2CCNC3)C1. The summed E-state index contributed by atoms with van der Waals surface area (Å²) in [5, 5.41) is 3.42. The number of nitrogens with zero attached hydrogens (tertiary/aromatic N) is 1. The molecule has 1 fully saturated rings. The first-order valence-electron chi connectivity index (χ1n) is 7.87. The topological polar surface area (TPSA) is 24.5 Å². The number of rotatable bonds is 4. The van der Waals surface area contributed by atoms with E-state index in [-0.39, 0.29) is 0 Å². The van der Waals surface area contributed by atoms with Crippen LogP contribution < -0.4 is 10.1 Å². The Balaban J connectivity index is 1.67. The molecule has 0 spiro atoms. The van der Waals surface area contributed by atoms with Crippen molar-refractivity contribution in [1.29, 1.82) is 0 Å². The van der Waals surface area contributed by atoms with Gasteiger partial charge in [0.25, 0.3) is 0 Å². The molecule has 2 aliphatic rings. The maximum atomic E-state index is 6.23. The highest BCUT2D eigenvalue weighted by Gasteiger charge is 2.34. The van der Waals surface area contributed by atoms with Crippen LogP contribution in [0.25, 0.3) is 0 Å². The van der Waals surface area contributed by atoms with Crippen LogP contribution in [0.15, 0.2) is 18.2 Å². The maximum Gasteiger partial charge on any atom is 0.122 e. The van der Waals surface area contributed by atoms with Crippen LogP contribution in [0, 0.1) is 5.41 Å². The number of hydrogen-bond donors (Lipinski definition) is 1. The number of hydrogen-bond acceptors (Lipinski definition) is 3. The molecule has 1 N–H and O–H groups in total. The fourth-order valence-electron chi connectivity index (χ4n) is 3.40. The van der Waals surface area contributed by atoms with E-state index in [1.54, 1.807) is 0 Å². The van der Waals surface area contributed by atoms with E-state index in [1.807, 2.05) is 0 Å². The van der Waals surface area contributed by atoms with Gasteiger partial charge in [0.2, 0.25) is 0 Å². The number of ether oxygens (including phenoxy) is 1. The molecular weight excluding hydrogens is 248 g/mol. The van der Waals surface area contributed by atoms with E-state index in [9.17, 15) is 0 Å². The van der Waals surface area contributed by atoms with Crippen LogP contribution >= 0.6 is 0 Å². The third-order valence-electron chi connectivity index (χ3n) is 4.76. The molecule has 110 valence electrons. The van der Waals surface area contributed by atoms with E-state index < -0.39 is 0 Å². The van der Waals surface area contributed by atoms with E-state index in [1.165, 1.54) is 30.6 Å². The van der Waals surface area contributed by atoms with Gasteiger partial charge in [0, 0.05) is 18.5 Å². The normalized spacial score (nSPS) is 26.5. The molecule has 0 radical (unpaired) electrons. The first kappa shape index (κ1) is 13.9. The average Bonchev–Trinajstić information content (AvgIpc) is 2.87. The molecule has 1 atom stereocenters. The van der Waals surface area contributed by atoms with Gasteiger partial charge in [-0.1, -0.05) is 26.0 Å². The van der Waals surface area contributed by atoms with Crippen LogP contribution in [-0.2, 0) is 13.0 Å². The minimum Gasteiger partial charge on any atom is -0.493 e. The second-order valence-corrected chi connectivity index (χ2v) is 6.54. The van der Waals surface area contributed by atoms with Crippen molar-refractivity contribution in [1.82, 2.24) is 10.2 Å². The summed E-state index contributed by atoms with van der Waals surface area (Å²) >= 11 is 0. The highest BCUT2D eigenvalue weighted by atomic mass is 16.5. The zero-order valence-electron chi connectivity index (χ0n) is 12.7. The lowest BCUT2D eigenvalue weighted by Gasteiger charge is -2.26. The van der Waals surface area contributed by atoms with Gasteiger partial charge in [-0.3, -0.25) is 0 Å². The standard InChI is InChI=1S/C17H26N2O/c1-3-19-10-8-17(2,12-19)13-20-16-6-4-5-14-11-18-9-7-15(14)16/h4-6,18H,3,7-13H2,1-2H3. The number of fused-ring (bicyclic) bond motifs is 1. The number of likely N-dealkylation sites (tertiary alicyclic amines) is 1. The fraction of sp³-hybridized carbons (Fsp3) is 0.647. The molecule has 20 heavy (non-hydrogen) atoms. The summed E-state index contributed by atoms with van der Waals surface area (Å²) in [6.07, 6.45) is 2.33. The monoisotopic (exact) mass is 274 g/mol. The van der Waals surface area contributed by atoms with Crippen molar-refractivity contribution >= 4 is 0 Å². The van der Waals surface area contributed by atoms with Crippen LogP contribution in [0.2, 0.25) is 0 Å². The Labute approximate surface area is 122 Å². The third kappa shape index (κ3) is 2.84. The highest BCUT2D eigenvalue weighted by Crippen LogP contribution is 2.32. The predicted octanol–water partition coefficient (Wildman–Crippen LogP) is 2.44.